The van der Waals surface area contributed by atoms with Gasteiger partial charge in [-0.15, -0.1) is 0 Å². The van der Waals surface area contributed by atoms with Crippen molar-refractivity contribution in [2.45, 2.75) is 6.54 Å². The van der Waals surface area contributed by atoms with E-state index in [1.807, 2.05) is 24.3 Å². The van der Waals surface area contributed by atoms with E-state index in [9.17, 15) is 0 Å². The van der Waals surface area contributed by atoms with Gasteiger partial charge in [-0.25, -0.2) is 0 Å². The molecule has 0 unspecified atom stereocenters. The summed E-state index contributed by atoms with van der Waals surface area (Å²) in [4.78, 5) is 0. The summed E-state index contributed by atoms with van der Waals surface area (Å²) < 4.78 is 0. The lowest BCUT2D eigenvalue weighted by atomic mass is 10.1. The van der Waals surface area contributed by atoms with Crippen molar-refractivity contribution in [2.24, 2.45) is 5.73 Å². The molecule has 5 nitrogen and oxygen atoms in total. The Balaban J connectivity index is 2.41. The Kier molecular flexibility index (Phi) is 2.01. The molecule has 1 aromatic carbocycles. The van der Waals surface area contributed by atoms with Crippen LogP contribution in [0.15, 0.2) is 24.3 Å². The third kappa shape index (κ3) is 1.54. The fourth-order valence-corrected chi connectivity index (χ4v) is 1.10. The second-order valence-electron chi connectivity index (χ2n) is 2.61. The van der Waals surface area contributed by atoms with Gasteiger partial charge >= 0.3 is 0 Å². The van der Waals surface area contributed by atoms with E-state index in [2.05, 4.69) is 20.6 Å². The Morgan fingerprint density at radius 1 is 1.38 bits per heavy atom. The zero-order valence-corrected chi connectivity index (χ0v) is 6.88. The summed E-state index contributed by atoms with van der Waals surface area (Å²) in [6.07, 6.45) is 0. The number of rotatable bonds is 2. The molecule has 2 N–H and O–H groups in total. The summed E-state index contributed by atoms with van der Waals surface area (Å²) in [5, 5.41) is 14.3. The van der Waals surface area contributed by atoms with E-state index in [0.717, 1.165) is 11.1 Å². The van der Waals surface area contributed by atoms with E-state index in [0.29, 0.717) is 12.4 Å². The van der Waals surface area contributed by atoms with E-state index in [4.69, 9.17) is 5.73 Å². The third-order valence-electron chi connectivity index (χ3n) is 1.74. The molecule has 0 fully saturated rings. The van der Waals surface area contributed by atoms with Crippen molar-refractivity contribution in [3.63, 3.8) is 0 Å². The van der Waals surface area contributed by atoms with Crippen molar-refractivity contribution in [2.75, 3.05) is 0 Å². The van der Waals surface area contributed by atoms with Crippen LogP contribution >= 0.6 is 0 Å². The second kappa shape index (κ2) is 3.32. The largest absolute Gasteiger partial charge is 0.330 e. The maximum atomic E-state index is 5.50. The highest BCUT2D eigenvalue weighted by Gasteiger charge is 1.95. The van der Waals surface area contributed by atoms with Crippen molar-refractivity contribution in [1.82, 2.24) is 20.6 Å². The van der Waals surface area contributed by atoms with Crippen molar-refractivity contribution >= 4 is 0 Å². The molecule has 0 atom stereocenters. The molecule has 5 heteroatoms. The molecule has 1 heterocycles. The van der Waals surface area contributed by atoms with E-state index >= 15 is 0 Å². The number of nitrogens with zero attached hydrogens (tertiary/aromatic N) is 4. The van der Waals surface area contributed by atoms with Crippen molar-refractivity contribution in [3.8, 4) is 11.4 Å². The monoisotopic (exact) mass is 174 g/mol. The quantitative estimate of drug-likeness (QED) is 0.690. The summed E-state index contributed by atoms with van der Waals surface area (Å²) in [5.41, 5.74) is 7.44. The van der Waals surface area contributed by atoms with E-state index < -0.39 is 0 Å². The molecule has 2 rings (SSSR count). The molecule has 0 bridgehead atoms. The molecule has 0 aliphatic rings. The number of aromatic nitrogens is 4. The maximum Gasteiger partial charge on any atom is 0.0397 e. The van der Waals surface area contributed by atoms with Gasteiger partial charge in [0.25, 0.3) is 0 Å². The number of hydrogen-bond acceptors (Lipinski definition) is 4. The van der Waals surface area contributed by atoms with Gasteiger partial charge < -0.3 is 10.8 Å². The third-order valence-corrected chi connectivity index (χ3v) is 1.74. The number of benzene rings is 1. The second-order valence-corrected chi connectivity index (χ2v) is 2.61. The van der Waals surface area contributed by atoms with Gasteiger partial charge in [-0.3, -0.25) is 10.3 Å². The summed E-state index contributed by atoms with van der Waals surface area (Å²) in [7, 11) is 0. The van der Waals surface area contributed by atoms with Gasteiger partial charge in [-0.05, 0) is 17.2 Å². The minimum atomic E-state index is 0.509. The van der Waals surface area contributed by atoms with Gasteiger partial charge in [0, 0.05) is 12.4 Å². The molecular weight excluding hydrogens is 166 g/mol. The summed E-state index contributed by atoms with van der Waals surface area (Å²) >= 11 is 0. The number of nitrogens with two attached hydrogens (primary N) is 1. The van der Waals surface area contributed by atoms with Crippen LogP contribution in [0.4, 0.5) is 0 Å². The van der Waals surface area contributed by atoms with Crippen LogP contribution in [0.3, 0.4) is 0 Å². The lowest BCUT2D eigenvalue weighted by Crippen LogP contribution is -1.96. The van der Waals surface area contributed by atoms with Crippen LogP contribution < -0.4 is 10.8 Å². The molecule has 0 radical (unpaired) electrons. The van der Waals surface area contributed by atoms with Crippen molar-refractivity contribution in [3.05, 3.63) is 29.8 Å². The Morgan fingerprint density at radius 2 is 2.31 bits per heavy atom. The predicted molar refractivity (Wildman–Crippen MR) is 46.5 cm³/mol. The first-order chi connectivity index (χ1) is 6.40. The number of hydrogen-bond donors (Lipinski definition) is 1. The van der Waals surface area contributed by atoms with E-state index in [-0.39, 0.29) is 0 Å². The molecule has 0 aliphatic carbocycles. The van der Waals surface area contributed by atoms with Gasteiger partial charge in [-0.2, -0.15) is 5.21 Å². The fraction of sp³-hybridized carbons (Fsp3) is 0.125. The van der Waals surface area contributed by atoms with Gasteiger partial charge in [0.2, 0.25) is 0 Å². The Bertz CT molecular complexity index is 381. The average molecular weight is 174 g/mol. The highest BCUT2D eigenvalue weighted by molar-refractivity contribution is 5.54. The van der Waals surface area contributed by atoms with Crippen LogP contribution in [-0.4, -0.2) is 15.5 Å². The van der Waals surface area contributed by atoms with Gasteiger partial charge in [0.05, 0.1) is 0 Å². The molecule has 0 saturated heterocycles. The van der Waals surface area contributed by atoms with Gasteiger partial charge in [0.15, 0.2) is 0 Å². The standard InChI is InChI=1S/C8H8N5/c9-5-6-2-1-3-7(4-6)8-10-12-13-11-8/h1-4H,5,9H2/q-1. The molecule has 2 aromatic rings. The molecule has 0 saturated carbocycles. The zero-order valence-electron chi connectivity index (χ0n) is 6.88. The first-order valence-corrected chi connectivity index (χ1v) is 3.88. The molecule has 0 spiro atoms. The Morgan fingerprint density at radius 3 is 3.00 bits per heavy atom. The van der Waals surface area contributed by atoms with Crippen LogP contribution in [0.1, 0.15) is 5.56 Å². The molecule has 66 valence electrons. The Labute approximate surface area is 75.0 Å². The van der Waals surface area contributed by atoms with Crippen LogP contribution in [0, 0.1) is 0 Å². The van der Waals surface area contributed by atoms with Gasteiger partial charge in [0.1, 0.15) is 0 Å². The first kappa shape index (κ1) is 7.88. The first-order valence-electron chi connectivity index (χ1n) is 3.88. The summed E-state index contributed by atoms with van der Waals surface area (Å²) in [6, 6.07) is 7.69. The van der Waals surface area contributed by atoms with Gasteiger partial charge in [-0.1, -0.05) is 18.2 Å². The molecule has 0 amide bonds. The van der Waals surface area contributed by atoms with Crippen LogP contribution in [0.2, 0.25) is 0 Å². The minimum absolute atomic E-state index is 0.509. The summed E-state index contributed by atoms with van der Waals surface area (Å²) in [5.74, 6) is 0.537. The summed E-state index contributed by atoms with van der Waals surface area (Å²) in [6.45, 7) is 0.509. The normalized spacial score (nSPS) is 10.2. The average Bonchev–Trinajstić information content (AvgIpc) is 2.71. The van der Waals surface area contributed by atoms with Crippen molar-refractivity contribution in [1.29, 1.82) is 0 Å². The predicted octanol–water partition coefficient (Wildman–Crippen LogP) is -0.0455. The highest BCUT2D eigenvalue weighted by Crippen LogP contribution is 2.13. The minimum Gasteiger partial charge on any atom is -0.330 e. The molecule has 0 aliphatic heterocycles. The lowest BCUT2D eigenvalue weighted by molar-refractivity contribution is 0.871. The zero-order chi connectivity index (χ0) is 9.10. The van der Waals surface area contributed by atoms with E-state index in [1.54, 1.807) is 0 Å². The van der Waals surface area contributed by atoms with E-state index in [1.165, 1.54) is 0 Å². The molecular formula is C8H8N5-. The fourth-order valence-electron chi connectivity index (χ4n) is 1.10. The van der Waals surface area contributed by atoms with Crippen LogP contribution in [0.25, 0.3) is 11.4 Å². The smallest absolute Gasteiger partial charge is 0.0397 e. The molecule has 13 heavy (non-hydrogen) atoms. The highest BCUT2D eigenvalue weighted by atomic mass is 15.5. The maximum absolute atomic E-state index is 5.50. The van der Waals surface area contributed by atoms with Crippen molar-refractivity contribution < 1.29 is 0 Å². The van der Waals surface area contributed by atoms with Crippen LogP contribution in [0.5, 0.6) is 0 Å². The molecule has 1 aromatic heterocycles. The lowest BCUT2D eigenvalue weighted by Gasteiger charge is -2.01. The Hall–Kier alpha value is -1.75. The van der Waals surface area contributed by atoms with Crippen LogP contribution in [-0.2, 0) is 6.54 Å². The topological polar surface area (TPSA) is 78.8 Å². The number of tetrazole rings is 1. The SMILES string of the molecule is NCc1cccc(-c2nnn[n-]2)c1.